The second-order valence-corrected chi connectivity index (χ2v) is 5.62. The molecule has 0 unspecified atom stereocenters. The Balaban J connectivity index is 1.90. The van der Waals surface area contributed by atoms with Gasteiger partial charge in [0.2, 0.25) is 5.95 Å². The van der Waals surface area contributed by atoms with Crippen LogP contribution in [0, 0.1) is 0 Å². The van der Waals surface area contributed by atoms with Crippen molar-refractivity contribution in [2.24, 2.45) is 0 Å². The Morgan fingerprint density at radius 2 is 2.00 bits per heavy atom. The highest BCUT2D eigenvalue weighted by molar-refractivity contribution is 5.89. The summed E-state index contributed by atoms with van der Waals surface area (Å²) < 4.78 is 40.8. The SMILES string of the molecule is CNc1nc(N)nn2ccc(-c3ccc4ncn(CC(F)(F)F)c4n3)c12. The number of rotatable bonds is 3. The maximum absolute atomic E-state index is 12.7. The van der Waals surface area contributed by atoms with Gasteiger partial charge in [-0.05, 0) is 18.2 Å². The van der Waals surface area contributed by atoms with Crippen LogP contribution in [0.5, 0.6) is 0 Å². The van der Waals surface area contributed by atoms with Crippen molar-refractivity contribution in [1.82, 2.24) is 29.1 Å². The number of nitrogens with one attached hydrogen (secondary N) is 1. The standard InChI is InChI=1S/C15H13F3N8/c1-20-12-11-8(4-5-26(11)24-14(19)23-12)9-2-3-10-13(22-9)25(7-21-10)6-15(16,17)18/h2-5,7H,6H2,1H3,(H3,19,20,23,24). The minimum atomic E-state index is -4.36. The van der Waals surface area contributed by atoms with Crippen LogP contribution in [0.1, 0.15) is 0 Å². The number of anilines is 2. The minimum absolute atomic E-state index is 0.0932. The third-order valence-corrected chi connectivity index (χ3v) is 3.85. The molecule has 0 saturated heterocycles. The Labute approximate surface area is 144 Å². The van der Waals surface area contributed by atoms with Crippen molar-refractivity contribution in [3.8, 4) is 11.3 Å². The number of aromatic nitrogens is 6. The Morgan fingerprint density at radius 1 is 1.19 bits per heavy atom. The van der Waals surface area contributed by atoms with E-state index in [4.69, 9.17) is 5.73 Å². The van der Waals surface area contributed by atoms with Gasteiger partial charge in [-0.15, -0.1) is 5.10 Å². The zero-order valence-electron chi connectivity index (χ0n) is 13.5. The van der Waals surface area contributed by atoms with E-state index in [1.54, 1.807) is 36.0 Å². The van der Waals surface area contributed by atoms with E-state index in [1.807, 2.05) is 0 Å². The summed E-state index contributed by atoms with van der Waals surface area (Å²) in [5.74, 6) is 0.582. The Hall–Kier alpha value is -3.37. The number of hydrogen-bond acceptors (Lipinski definition) is 6. The van der Waals surface area contributed by atoms with Crippen molar-refractivity contribution in [3.05, 3.63) is 30.7 Å². The number of imidazole rings is 1. The topological polar surface area (TPSA) is 99.0 Å². The van der Waals surface area contributed by atoms with Gasteiger partial charge < -0.3 is 15.6 Å². The molecule has 26 heavy (non-hydrogen) atoms. The molecule has 8 nitrogen and oxygen atoms in total. The van der Waals surface area contributed by atoms with Crippen molar-refractivity contribution >= 4 is 28.4 Å². The van der Waals surface area contributed by atoms with Gasteiger partial charge in [0.05, 0.1) is 12.0 Å². The highest BCUT2D eigenvalue weighted by Gasteiger charge is 2.29. The normalized spacial score (nSPS) is 12.2. The summed E-state index contributed by atoms with van der Waals surface area (Å²) in [6.45, 7) is -1.15. The lowest BCUT2D eigenvalue weighted by atomic mass is 10.2. The molecule has 0 radical (unpaired) electrons. The first kappa shape index (κ1) is 16.1. The molecule has 4 heterocycles. The molecule has 4 rings (SSSR count). The van der Waals surface area contributed by atoms with Gasteiger partial charge in [0, 0.05) is 18.8 Å². The van der Waals surface area contributed by atoms with E-state index in [2.05, 4.69) is 25.4 Å². The molecule has 0 aliphatic rings. The second-order valence-electron chi connectivity index (χ2n) is 5.62. The largest absolute Gasteiger partial charge is 0.406 e. The van der Waals surface area contributed by atoms with E-state index in [-0.39, 0.29) is 11.6 Å². The van der Waals surface area contributed by atoms with Crippen LogP contribution in [0.3, 0.4) is 0 Å². The van der Waals surface area contributed by atoms with Crippen LogP contribution in [0.2, 0.25) is 0 Å². The van der Waals surface area contributed by atoms with Crippen LogP contribution in [0.25, 0.3) is 27.9 Å². The monoisotopic (exact) mass is 362 g/mol. The molecule has 0 amide bonds. The molecule has 3 N–H and O–H groups in total. The lowest BCUT2D eigenvalue weighted by Gasteiger charge is -2.09. The molecule has 0 saturated carbocycles. The quantitative estimate of drug-likeness (QED) is 0.580. The molecule has 0 aromatic carbocycles. The van der Waals surface area contributed by atoms with Crippen LogP contribution in [0.4, 0.5) is 24.9 Å². The third kappa shape index (κ3) is 2.66. The van der Waals surface area contributed by atoms with Crippen LogP contribution in [0.15, 0.2) is 30.7 Å². The first-order chi connectivity index (χ1) is 12.4. The summed E-state index contributed by atoms with van der Waals surface area (Å²) in [5.41, 5.74) is 7.97. The molecule has 0 spiro atoms. The first-order valence-electron chi connectivity index (χ1n) is 7.57. The summed E-state index contributed by atoms with van der Waals surface area (Å²) in [7, 11) is 1.69. The fraction of sp³-hybridized carbons (Fsp3) is 0.200. The predicted molar refractivity (Wildman–Crippen MR) is 89.5 cm³/mol. The van der Waals surface area contributed by atoms with Crippen molar-refractivity contribution in [3.63, 3.8) is 0 Å². The molecule has 134 valence electrons. The number of pyridine rings is 1. The van der Waals surface area contributed by atoms with E-state index in [1.165, 1.54) is 0 Å². The fourth-order valence-corrected chi connectivity index (χ4v) is 2.82. The summed E-state index contributed by atoms with van der Waals surface area (Å²) in [6, 6.07) is 5.08. The zero-order chi connectivity index (χ0) is 18.5. The molecule has 0 aliphatic heterocycles. The Morgan fingerprint density at radius 3 is 2.73 bits per heavy atom. The van der Waals surface area contributed by atoms with Crippen molar-refractivity contribution in [2.45, 2.75) is 12.7 Å². The van der Waals surface area contributed by atoms with Gasteiger partial charge in [-0.25, -0.2) is 14.5 Å². The van der Waals surface area contributed by atoms with E-state index < -0.39 is 12.7 Å². The summed E-state index contributed by atoms with van der Waals surface area (Å²) in [5, 5.41) is 7.03. The molecule has 4 aromatic heterocycles. The first-order valence-corrected chi connectivity index (χ1v) is 7.57. The molecular weight excluding hydrogens is 349 g/mol. The smallest absolute Gasteiger partial charge is 0.371 e. The molecule has 0 fully saturated rings. The van der Waals surface area contributed by atoms with Crippen LogP contribution < -0.4 is 11.1 Å². The van der Waals surface area contributed by atoms with Gasteiger partial charge in [-0.1, -0.05) is 0 Å². The van der Waals surface area contributed by atoms with Crippen molar-refractivity contribution in [2.75, 3.05) is 18.1 Å². The number of nitrogen functional groups attached to an aromatic ring is 1. The van der Waals surface area contributed by atoms with Gasteiger partial charge >= 0.3 is 6.18 Å². The van der Waals surface area contributed by atoms with Crippen molar-refractivity contribution < 1.29 is 13.2 Å². The molecule has 11 heteroatoms. The van der Waals surface area contributed by atoms with E-state index in [9.17, 15) is 13.2 Å². The Bertz CT molecular complexity index is 1110. The maximum Gasteiger partial charge on any atom is 0.406 e. The van der Waals surface area contributed by atoms with E-state index in [0.717, 1.165) is 10.9 Å². The van der Waals surface area contributed by atoms with E-state index >= 15 is 0 Å². The van der Waals surface area contributed by atoms with E-state index in [0.29, 0.717) is 28.1 Å². The fourth-order valence-electron chi connectivity index (χ4n) is 2.82. The van der Waals surface area contributed by atoms with Gasteiger partial charge in [0.25, 0.3) is 0 Å². The predicted octanol–water partition coefficient (Wildman–Crippen LogP) is 2.33. The third-order valence-electron chi connectivity index (χ3n) is 3.85. The lowest BCUT2D eigenvalue weighted by molar-refractivity contribution is -0.140. The van der Waals surface area contributed by atoms with Gasteiger partial charge in [-0.2, -0.15) is 18.2 Å². The number of alkyl halides is 3. The summed E-state index contributed by atoms with van der Waals surface area (Å²) in [6.07, 6.45) is -1.54. The summed E-state index contributed by atoms with van der Waals surface area (Å²) >= 11 is 0. The molecule has 0 atom stereocenters. The highest BCUT2D eigenvalue weighted by Crippen LogP contribution is 2.30. The molecular formula is C15H13F3N8. The number of nitrogens with zero attached hydrogens (tertiary/aromatic N) is 6. The van der Waals surface area contributed by atoms with Crippen LogP contribution >= 0.6 is 0 Å². The lowest BCUT2D eigenvalue weighted by Crippen LogP contribution is -2.17. The minimum Gasteiger partial charge on any atom is -0.371 e. The van der Waals surface area contributed by atoms with Gasteiger partial charge in [-0.3, -0.25) is 0 Å². The molecule has 4 aromatic rings. The average molecular weight is 362 g/mol. The molecule has 0 bridgehead atoms. The van der Waals surface area contributed by atoms with Gasteiger partial charge in [0.1, 0.15) is 17.6 Å². The number of halogens is 3. The number of nitrogens with two attached hydrogens (primary N) is 1. The highest BCUT2D eigenvalue weighted by atomic mass is 19.4. The number of fused-ring (bicyclic) bond motifs is 2. The average Bonchev–Trinajstić information content (AvgIpc) is 3.16. The van der Waals surface area contributed by atoms with Crippen LogP contribution in [-0.2, 0) is 6.54 Å². The maximum atomic E-state index is 12.7. The summed E-state index contributed by atoms with van der Waals surface area (Å²) in [4.78, 5) is 12.5. The Kier molecular flexibility index (Phi) is 3.46. The van der Waals surface area contributed by atoms with Crippen LogP contribution in [-0.4, -0.2) is 42.4 Å². The van der Waals surface area contributed by atoms with Gasteiger partial charge in [0.15, 0.2) is 11.5 Å². The zero-order valence-corrected chi connectivity index (χ0v) is 13.5. The van der Waals surface area contributed by atoms with Crippen molar-refractivity contribution in [1.29, 1.82) is 0 Å². The second kappa shape index (κ2) is 5.58. The molecule has 0 aliphatic carbocycles. The number of hydrogen-bond donors (Lipinski definition) is 2.